The summed E-state index contributed by atoms with van der Waals surface area (Å²) >= 11 is 0. The molecule has 1 aliphatic carbocycles. The fourth-order valence-corrected chi connectivity index (χ4v) is 4.79. The van der Waals surface area contributed by atoms with E-state index in [4.69, 9.17) is 11.5 Å². The maximum absolute atomic E-state index is 10.7. The number of aromatic nitrogens is 3. The molecule has 0 aromatic carbocycles. The molecule has 7 heteroatoms. The van der Waals surface area contributed by atoms with E-state index in [9.17, 15) is 5.11 Å². The molecule has 2 aromatic heterocycles. The van der Waals surface area contributed by atoms with Gasteiger partial charge in [-0.3, -0.25) is 0 Å². The Labute approximate surface area is 148 Å². The summed E-state index contributed by atoms with van der Waals surface area (Å²) in [4.78, 5) is 11.0. The van der Waals surface area contributed by atoms with Crippen molar-refractivity contribution in [1.29, 1.82) is 0 Å². The van der Waals surface area contributed by atoms with E-state index in [0.29, 0.717) is 17.8 Å². The molecule has 0 bridgehead atoms. The van der Waals surface area contributed by atoms with Crippen LogP contribution in [-0.2, 0) is 0 Å². The predicted octanol–water partition coefficient (Wildman–Crippen LogP) is 1.14. The van der Waals surface area contributed by atoms with Gasteiger partial charge in [-0.15, -0.1) is 0 Å². The molecule has 136 valence electrons. The number of fused-ring (bicyclic) bond motifs is 1. The van der Waals surface area contributed by atoms with E-state index in [0.717, 1.165) is 49.9 Å². The number of hydrogen-bond donors (Lipinski definition) is 3. The van der Waals surface area contributed by atoms with E-state index >= 15 is 0 Å². The SMILES string of the molecule is NCC[C@@H]1CCCN1C[C@@H]1C[C@@H](O)[C@H](n2ccc3c(N)ncnc32)C1. The van der Waals surface area contributed by atoms with E-state index in [1.165, 1.54) is 19.2 Å². The largest absolute Gasteiger partial charge is 0.391 e. The third kappa shape index (κ3) is 3.12. The second-order valence-corrected chi connectivity index (χ2v) is 7.56. The number of hydrogen-bond acceptors (Lipinski definition) is 6. The average Bonchev–Trinajstić information content (AvgIpc) is 3.28. The first-order valence-corrected chi connectivity index (χ1v) is 9.36. The molecule has 25 heavy (non-hydrogen) atoms. The first kappa shape index (κ1) is 16.8. The quantitative estimate of drug-likeness (QED) is 0.751. The van der Waals surface area contributed by atoms with E-state index in [2.05, 4.69) is 19.4 Å². The van der Waals surface area contributed by atoms with Crippen molar-refractivity contribution >= 4 is 16.9 Å². The maximum Gasteiger partial charge on any atom is 0.145 e. The lowest BCUT2D eigenvalue weighted by molar-refractivity contribution is 0.133. The smallest absolute Gasteiger partial charge is 0.145 e. The predicted molar refractivity (Wildman–Crippen MR) is 98.0 cm³/mol. The van der Waals surface area contributed by atoms with Gasteiger partial charge in [0.05, 0.1) is 17.5 Å². The zero-order chi connectivity index (χ0) is 17.4. The molecule has 2 fully saturated rings. The van der Waals surface area contributed by atoms with Gasteiger partial charge < -0.3 is 26.0 Å². The maximum atomic E-state index is 10.7. The van der Waals surface area contributed by atoms with Crippen LogP contribution in [0.5, 0.6) is 0 Å². The van der Waals surface area contributed by atoms with Gasteiger partial charge in [-0.05, 0) is 57.2 Å². The van der Waals surface area contributed by atoms with E-state index in [1.807, 2.05) is 12.3 Å². The van der Waals surface area contributed by atoms with Crippen LogP contribution in [0, 0.1) is 5.92 Å². The highest BCUT2D eigenvalue weighted by Gasteiger charge is 2.37. The zero-order valence-corrected chi connectivity index (χ0v) is 14.6. The Morgan fingerprint density at radius 1 is 1.28 bits per heavy atom. The highest BCUT2D eigenvalue weighted by Crippen LogP contribution is 2.38. The molecule has 0 radical (unpaired) electrons. The van der Waals surface area contributed by atoms with Gasteiger partial charge in [0.2, 0.25) is 0 Å². The summed E-state index contributed by atoms with van der Waals surface area (Å²) in [7, 11) is 0. The lowest BCUT2D eigenvalue weighted by Crippen LogP contribution is -2.35. The normalized spacial score (nSPS) is 30.5. The Bertz CT molecular complexity index is 731. The number of nitrogens with two attached hydrogens (primary N) is 2. The van der Waals surface area contributed by atoms with E-state index in [1.54, 1.807) is 0 Å². The Balaban J connectivity index is 1.48. The lowest BCUT2D eigenvalue weighted by atomic mass is 10.1. The van der Waals surface area contributed by atoms with Crippen molar-refractivity contribution in [3.05, 3.63) is 18.6 Å². The van der Waals surface area contributed by atoms with Gasteiger partial charge in [-0.1, -0.05) is 0 Å². The van der Waals surface area contributed by atoms with Gasteiger partial charge >= 0.3 is 0 Å². The number of aliphatic hydroxyl groups excluding tert-OH is 1. The van der Waals surface area contributed by atoms with Crippen LogP contribution < -0.4 is 11.5 Å². The fraction of sp³-hybridized carbons (Fsp3) is 0.667. The molecule has 2 aliphatic rings. The summed E-state index contributed by atoms with van der Waals surface area (Å²) in [6.07, 6.45) is 8.56. The van der Waals surface area contributed by atoms with Crippen LogP contribution in [0.3, 0.4) is 0 Å². The molecule has 0 unspecified atom stereocenters. The summed E-state index contributed by atoms with van der Waals surface area (Å²) in [6, 6.07) is 2.64. The highest BCUT2D eigenvalue weighted by molar-refractivity contribution is 5.86. The second-order valence-electron chi connectivity index (χ2n) is 7.56. The zero-order valence-electron chi connectivity index (χ0n) is 14.6. The molecule has 1 aliphatic heterocycles. The Morgan fingerprint density at radius 3 is 3.00 bits per heavy atom. The Morgan fingerprint density at radius 2 is 2.16 bits per heavy atom. The molecule has 4 atom stereocenters. The molecule has 1 saturated heterocycles. The minimum Gasteiger partial charge on any atom is -0.391 e. The number of aliphatic hydroxyl groups is 1. The topological polar surface area (TPSA) is 106 Å². The van der Waals surface area contributed by atoms with Crippen LogP contribution >= 0.6 is 0 Å². The minimum atomic E-state index is -0.340. The summed E-state index contributed by atoms with van der Waals surface area (Å²) in [5, 5.41) is 11.5. The fourth-order valence-electron chi connectivity index (χ4n) is 4.79. The molecular weight excluding hydrogens is 316 g/mol. The number of anilines is 1. The summed E-state index contributed by atoms with van der Waals surface area (Å²) in [5.41, 5.74) is 12.5. The summed E-state index contributed by atoms with van der Waals surface area (Å²) in [5.74, 6) is 1.00. The van der Waals surface area contributed by atoms with Crippen molar-refractivity contribution < 1.29 is 5.11 Å². The number of nitrogen functional groups attached to an aromatic ring is 1. The van der Waals surface area contributed by atoms with Gasteiger partial charge in [-0.25, -0.2) is 9.97 Å². The molecular formula is C18H28N6O. The molecule has 3 heterocycles. The molecule has 4 rings (SSSR count). The van der Waals surface area contributed by atoms with Crippen LogP contribution in [0.15, 0.2) is 18.6 Å². The van der Waals surface area contributed by atoms with Gasteiger partial charge in [-0.2, -0.15) is 0 Å². The van der Waals surface area contributed by atoms with Crippen molar-refractivity contribution in [2.45, 2.75) is 50.3 Å². The van der Waals surface area contributed by atoms with Crippen LogP contribution in [0.1, 0.15) is 38.1 Å². The molecule has 0 spiro atoms. The van der Waals surface area contributed by atoms with Crippen molar-refractivity contribution in [2.24, 2.45) is 11.7 Å². The van der Waals surface area contributed by atoms with Gasteiger partial charge in [0.25, 0.3) is 0 Å². The van der Waals surface area contributed by atoms with Gasteiger partial charge in [0.15, 0.2) is 0 Å². The molecule has 2 aromatic rings. The van der Waals surface area contributed by atoms with Crippen LogP contribution in [0.25, 0.3) is 11.0 Å². The van der Waals surface area contributed by atoms with Crippen LogP contribution in [0.4, 0.5) is 5.82 Å². The van der Waals surface area contributed by atoms with Crippen molar-refractivity contribution in [3.63, 3.8) is 0 Å². The van der Waals surface area contributed by atoms with E-state index < -0.39 is 0 Å². The Kier molecular flexibility index (Phi) is 4.62. The van der Waals surface area contributed by atoms with Gasteiger partial charge in [0, 0.05) is 18.8 Å². The van der Waals surface area contributed by atoms with Crippen molar-refractivity contribution in [2.75, 3.05) is 25.4 Å². The van der Waals surface area contributed by atoms with Crippen LogP contribution in [0.2, 0.25) is 0 Å². The molecule has 5 N–H and O–H groups in total. The van der Waals surface area contributed by atoms with Crippen LogP contribution in [-0.4, -0.2) is 56.3 Å². The number of likely N-dealkylation sites (tertiary alicyclic amines) is 1. The second kappa shape index (κ2) is 6.90. The number of rotatable bonds is 5. The lowest BCUT2D eigenvalue weighted by Gasteiger charge is -2.27. The number of nitrogens with zero attached hydrogens (tertiary/aromatic N) is 4. The van der Waals surface area contributed by atoms with Gasteiger partial charge in [0.1, 0.15) is 17.8 Å². The molecule has 0 amide bonds. The highest BCUT2D eigenvalue weighted by atomic mass is 16.3. The minimum absolute atomic E-state index is 0.0624. The van der Waals surface area contributed by atoms with Crippen molar-refractivity contribution in [1.82, 2.24) is 19.4 Å². The van der Waals surface area contributed by atoms with Crippen molar-refractivity contribution in [3.8, 4) is 0 Å². The molecule has 7 nitrogen and oxygen atoms in total. The average molecular weight is 344 g/mol. The van der Waals surface area contributed by atoms with E-state index in [-0.39, 0.29) is 12.1 Å². The Hall–Kier alpha value is -1.70. The summed E-state index contributed by atoms with van der Waals surface area (Å²) in [6.45, 7) is 2.99. The monoisotopic (exact) mass is 344 g/mol. The first-order chi connectivity index (χ1) is 12.2. The molecule has 1 saturated carbocycles. The third-order valence-corrected chi connectivity index (χ3v) is 5.98. The standard InChI is InChI=1S/C18H28N6O/c19-5-3-13-2-1-6-23(13)10-12-8-15(16(25)9-12)24-7-4-14-17(20)21-11-22-18(14)24/h4,7,11-13,15-16,25H,1-3,5-6,8-10,19H2,(H2,20,21,22)/t12-,13-,15+,16+/m0/s1. The summed E-state index contributed by atoms with van der Waals surface area (Å²) < 4.78 is 2.08. The first-order valence-electron chi connectivity index (χ1n) is 9.36. The third-order valence-electron chi connectivity index (χ3n) is 5.98.